The van der Waals surface area contributed by atoms with Crippen LogP contribution in [0.5, 0.6) is 0 Å². The zero-order valence-electron chi connectivity index (χ0n) is 15.6. The van der Waals surface area contributed by atoms with Crippen molar-refractivity contribution in [3.05, 3.63) is 86.6 Å². The molecule has 3 rings (SSSR count). The van der Waals surface area contributed by atoms with Crippen molar-refractivity contribution in [3.63, 3.8) is 0 Å². The van der Waals surface area contributed by atoms with Crippen molar-refractivity contribution in [2.75, 3.05) is 12.0 Å². The molecule has 0 radical (unpaired) electrons. The number of anilines is 1. The van der Waals surface area contributed by atoms with E-state index in [4.69, 9.17) is 4.74 Å². The molecule has 0 unspecified atom stereocenters. The third-order valence-electron chi connectivity index (χ3n) is 4.50. The minimum absolute atomic E-state index is 0.0545. The molecule has 0 aliphatic carbocycles. The molecule has 1 aliphatic rings. The van der Waals surface area contributed by atoms with Crippen LogP contribution in [0.1, 0.15) is 18.1 Å². The van der Waals surface area contributed by atoms with Crippen LogP contribution in [0.3, 0.4) is 0 Å². The van der Waals surface area contributed by atoms with Crippen molar-refractivity contribution < 1.29 is 19.2 Å². The van der Waals surface area contributed by atoms with E-state index in [1.165, 1.54) is 42.4 Å². The number of nitro benzene ring substituents is 1. The van der Waals surface area contributed by atoms with Crippen molar-refractivity contribution >= 4 is 29.3 Å². The lowest BCUT2D eigenvalue weighted by Gasteiger charge is -2.18. The van der Waals surface area contributed by atoms with Crippen LogP contribution in [0.25, 0.3) is 6.08 Å². The molecule has 28 heavy (non-hydrogen) atoms. The molecule has 0 spiro atoms. The van der Waals surface area contributed by atoms with Gasteiger partial charge in [0.1, 0.15) is 0 Å². The highest BCUT2D eigenvalue weighted by atomic mass is 16.6. The molecule has 7 nitrogen and oxygen atoms in total. The summed E-state index contributed by atoms with van der Waals surface area (Å²) in [6.07, 6.45) is 1.54. The first-order valence-corrected chi connectivity index (χ1v) is 8.50. The van der Waals surface area contributed by atoms with E-state index in [-0.39, 0.29) is 22.7 Å². The van der Waals surface area contributed by atoms with E-state index in [0.717, 1.165) is 5.56 Å². The predicted molar refractivity (Wildman–Crippen MR) is 104 cm³/mol. The lowest BCUT2D eigenvalue weighted by molar-refractivity contribution is -0.384. The summed E-state index contributed by atoms with van der Waals surface area (Å²) in [6.45, 7) is 3.62. The van der Waals surface area contributed by atoms with Gasteiger partial charge in [-0.05, 0) is 49.8 Å². The highest BCUT2D eigenvalue weighted by Crippen LogP contribution is 2.35. The molecule has 7 heteroatoms. The minimum Gasteiger partial charge on any atom is -0.465 e. The Morgan fingerprint density at radius 3 is 2.21 bits per heavy atom. The number of benzene rings is 2. The van der Waals surface area contributed by atoms with Crippen molar-refractivity contribution in [3.8, 4) is 0 Å². The fourth-order valence-corrected chi connectivity index (χ4v) is 3.04. The molecule has 0 bridgehead atoms. The van der Waals surface area contributed by atoms with Crippen molar-refractivity contribution in [2.24, 2.45) is 0 Å². The van der Waals surface area contributed by atoms with Crippen LogP contribution in [-0.2, 0) is 14.3 Å². The number of nitrogens with zero attached hydrogens (tertiary/aromatic N) is 2. The summed E-state index contributed by atoms with van der Waals surface area (Å²) in [6, 6.07) is 13.1. The summed E-state index contributed by atoms with van der Waals surface area (Å²) in [5.41, 5.74) is 3.02. The van der Waals surface area contributed by atoms with Gasteiger partial charge in [0.05, 0.1) is 23.2 Å². The molecule has 2 aromatic rings. The number of methoxy groups -OCH3 is 1. The fraction of sp³-hybridized carbons (Fsp3) is 0.143. The fourth-order valence-electron chi connectivity index (χ4n) is 3.04. The Bertz CT molecular complexity index is 1020. The summed E-state index contributed by atoms with van der Waals surface area (Å²) < 4.78 is 4.87. The lowest BCUT2D eigenvalue weighted by Crippen LogP contribution is -2.24. The standard InChI is InChI=1S/C21H18N2O5/c1-13-4-8-16(9-5-13)22-14(2)19(21(25)28-3)18(20(22)24)12-15-6-10-17(11-7-15)23(26)27/h4-12H,1-3H3/b18-12-. The van der Waals surface area contributed by atoms with Crippen LogP contribution in [-0.4, -0.2) is 23.9 Å². The zero-order valence-corrected chi connectivity index (χ0v) is 15.6. The maximum absolute atomic E-state index is 13.1. The Hall–Kier alpha value is -3.74. The normalized spacial score (nSPS) is 15.3. The van der Waals surface area contributed by atoms with E-state index in [9.17, 15) is 19.7 Å². The average Bonchev–Trinajstić information content (AvgIpc) is 2.92. The molecule has 1 aliphatic heterocycles. The third-order valence-corrected chi connectivity index (χ3v) is 4.50. The van der Waals surface area contributed by atoms with Crippen LogP contribution >= 0.6 is 0 Å². The van der Waals surface area contributed by atoms with Gasteiger partial charge in [-0.25, -0.2) is 4.79 Å². The second-order valence-electron chi connectivity index (χ2n) is 6.33. The SMILES string of the molecule is COC(=O)C1=C(C)N(c2ccc(C)cc2)C(=O)/C1=C\c1ccc([N+](=O)[O-])cc1. The monoisotopic (exact) mass is 378 g/mol. The van der Waals surface area contributed by atoms with Gasteiger partial charge in [0.25, 0.3) is 11.6 Å². The number of carbonyl (C=O) groups is 2. The second-order valence-corrected chi connectivity index (χ2v) is 6.33. The first-order valence-electron chi connectivity index (χ1n) is 8.50. The molecule has 1 amide bonds. The number of aryl methyl sites for hydroxylation is 1. The van der Waals surface area contributed by atoms with Crippen LogP contribution in [0.15, 0.2) is 65.4 Å². The maximum Gasteiger partial charge on any atom is 0.340 e. The zero-order chi connectivity index (χ0) is 20.4. The first kappa shape index (κ1) is 19.0. The number of ether oxygens (including phenoxy) is 1. The molecule has 2 aromatic carbocycles. The van der Waals surface area contributed by atoms with Crippen molar-refractivity contribution in [2.45, 2.75) is 13.8 Å². The number of amides is 1. The van der Waals surface area contributed by atoms with Gasteiger partial charge in [0.2, 0.25) is 0 Å². The number of carbonyl (C=O) groups excluding carboxylic acids is 2. The van der Waals surface area contributed by atoms with Crippen molar-refractivity contribution in [1.82, 2.24) is 0 Å². The molecular formula is C21H18N2O5. The van der Waals surface area contributed by atoms with E-state index < -0.39 is 10.9 Å². The number of hydrogen-bond acceptors (Lipinski definition) is 5. The lowest BCUT2D eigenvalue weighted by atomic mass is 10.0. The van der Waals surface area contributed by atoms with Crippen LogP contribution in [0.4, 0.5) is 11.4 Å². The van der Waals surface area contributed by atoms with Crippen LogP contribution in [0.2, 0.25) is 0 Å². The smallest absolute Gasteiger partial charge is 0.340 e. The Balaban J connectivity index is 2.08. The molecule has 0 fully saturated rings. The van der Waals surface area contributed by atoms with Gasteiger partial charge in [-0.2, -0.15) is 0 Å². The number of non-ortho nitro benzene ring substituents is 1. The summed E-state index contributed by atoms with van der Waals surface area (Å²) in [5, 5.41) is 10.8. The van der Waals surface area contributed by atoms with Gasteiger partial charge < -0.3 is 4.74 Å². The Morgan fingerprint density at radius 2 is 1.68 bits per heavy atom. The van der Waals surface area contributed by atoms with Gasteiger partial charge in [-0.3, -0.25) is 19.8 Å². The van der Waals surface area contributed by atoms with Gasteiger partial charge in [0.15, 0.2) is 0 Å². The number of hydrogen-bond donors (Lipinski definition) is 0. The van der Waals surface area contributed by atoms with Gasteiger partial charge in [0, 0.05) is 23.5 Å². The quantitative estimate of drug-likeness (QED) is 0.350. The molecule has 0 N–H and O–H groups in total. The second kappa shape index (κ2) is 7.48. The number of allylic oxidation sites excluding steroid dienone is 1. The minimum atomic E-state index is -0.617. The summed E-state index contributed by atoms with van der Waals surface area (Å²) >= 11 is 0. The van der Waals surface area contributed by atoms with Crippen LogP contribution in [0, 0.1) is 17.0 Å². The predicted octanol–water partition coefficient (Wildman–Crippen LogP) is 3.78. The molecule has 142 valence electrons. The van der Waals surface area contributed by atoms with Gasteiger partial charge in [-0.15, -0.1) is 0 Å². The molecule has 0 aromatic heterocycles. The van der Waals surface area contributed by atoms with E-state index in [1.54, 1.807) is 19.1 Å². The number of esters is 1. The van der Waals surface area contributed by atoms with E-state index in [2.05, 4.69) is 0 Å². The third kappa shape index (κ3) is 3.42. The summed E-state index contributed by atoms with van der Waals surface area (Å²) in [4.78, 5) is 37.2. The summed E-state index contributed by atoms with van der Waals surface area (Å²) in [7, 11) is 1.26. The largest absolute Gasteiger partial charge is 0.465 e. The molecule has 0 saturated carbocycles. The molecular weight excluding hydrogens is 360 g/mol. The first-order chi connectivity index (χ1) is 13.3. The van der Waals surface area contributed by atoms with E-state index in [1.807, 2.05) is 19.1 Å². The Labute approximate surface area is 161 Å². The number of rotatable bonds is 4. The number of nitro groups is 1. The van der Waals surface area contributed by atoms with E-state index in [0.29, 0.717) is 16.9 Å². The summed E-state index contributed by atoms with van der Waals surface area (Å²) in [5.74, 6) is -0.978. The average molecular weight is 378 g/mol. The van der Waals surface area contributed by atoms with Crippen LogP contribution < -0.4 is 4.90 Å². The van der Waals surface area contributed by atoms with E-state index >= 15 is 0 Å². The van der Waals surface area contributed by atoms with Crippen molar-refractivity contribution in [1.29, 1.82) is 0 Å². The highest BCUT2D eigenvalue weighted by Gasteiger charge is 2.37. The Kier molecular flexibility index (Phi) is 5.08. The molecule has 1 heterocycles. The Morgan fingerprint density at radius 1 is 1.07 bits per heavy atom. The topological polar surface area (TPSA) is 89.8 Å². The van der Waals surface area contributed by atoms with Gasteiger partial charge in [-0.1, -0.05) is 17.7 Å². The maximum atomic E-state index is 13.1. The molecule has 0 saturated heterocycles. The highest BCUT2D eigenvalue weighted by molar-refractivity contribution is 6.23. The van der Waals surface area contributed by atoms with Gasteiger partial charge >= 0.3 is 5.97 Å². The molecule has 0 atom stereocenters.